The number of rotatable bonds is 2. The molecule has 0 radical (unpaired) electrons. The Kier molecular flexibility index (Phi) is 3.44. The molecule has 0 saturated carbocycles. The molecular formula is C15H14ClNOS. The number of aliphatic hydroxyl groups is 1. The van der Waals surface area contributed by atoms with Crippen LogP contribution in [0, 0.1) is 0 Å². The summed E-state index contributed by atoms with van der Waals surface area (Å²) >= 11 is 7.85. The molecule has 0 unspecified atom stereocenters. The van der Waals surface area contributed by atoms with E-state index >= 15 is 0 Å². The number of hydrogen-bond donors (Lipinski definition) is 1. The zero-order valence-corrected chi connectivity index (χ0v) is 12.1. The highest BCUT2D eigenvalue weighted by Gasteiger charge is 2.24. The molecular weight excluding hydrogens is 278 g/mol. The quantitative estimate of drug-likeness (QED) is 0.891. The van der Waals surface area contributed by atoms with Crippen LogP contribution in [0.2, 0.25) is 5.02 Å². The molecule has 0 aliphatic carbocycles. The summed E-state index contributed by atoms with van der Waals surface area (Å²) in [6, 6.07) is 14.1. The summed E-state index contributed by atoms with van der Waals surface area (Å²) in [6.45, 7) is 2.36. The topological polar surface area (TPSA) is 23.5 Å². The fraction of sp³-hybridized carbons (Fsp3) is 0.200. The molecule has 0 spiro atoms. The Morgan fingerprint density at radius 2 is 1.89 bits per heavy atom. The highest BCUT2D eigenvalue weighted by Crippen LogP contribution is 2.48. The Hall–Kier alpha value is -1.16. The van der Waals surface area contributed by atoms with Gasteiger partial charge in [0.05, 0.1) is 17.5 Å². The molecule has 0 fully saturated rings. The summed E-state index contributed by atoms with van der Waals surface area (Å²) in [5.74, 6) is 0. The predicted molar refractivity (Wildman–Crippen MR) is 80.7 cm³/mol. The minimum absolute atomic E-state index is 0.400. The molecule has 2 aromatic carbocycles. The van der Waals surface area contributed by atoms with Crippen molar-refractivity contribution < 1.29 is 5.11 Å². The number of β-amino-alcohol motifs (C(OH)–C–C–N with tert-alkyl or cyclic N) is 1. The second-order valence-electron chi connectivity index (χ2n) is 4.64. The van der Waals surface area contributed by atoms with E-state index < -0.39 is 6.10 Å². The van der Waals surface area contributed by atoms with Gasteiger partial charge in [-0.3, -0.25) is 0 Å². The lowest BCUT2D eigenvalue weighted by Gasteiger charge is -2.33. The van der Waals surface area contributed by atoms with Crippen LogP contribution in [-0.4, -0.2) is 17.8 Å². The fourth-order valence-electron chi connectivity index (χ4n) is 2.26. The maximum Gasteiger partial charge on any atom is 0.0691 e. The lowest BCUT2D eigenvalue weighted by atomic mass is 10.2. The molecule has 98 valence electrons. The van der Waals surface area contributed by atoms with Gasteiger partial charge >= 0.3 is 0 Å². The van der Waals surface area contributed by atoms with Gasteiger partial charge in [-0.15, -0.1) is 0 Å². The van der Waals surface area contributed by atoms with Crippen LogP contribution in [0.3, 0.4) is 0 Å². The second kappa shape index (κ2) is 5.08. The van der Waals surface area contributed by atoms with E-state index in [1.807, 2.05) is 30.3 Å². The molecule has 1 heterocycles. The number of hydrogen-bond acceptors (Lipinski definition) is 3. The SMILES string of the molecule is C[C@@H](O)CN1c2ccccc2Sc2ccc(Cl)cc21. The first-order valence-corrected chi connectivity index (χ1v) is 7.36. The summed E-state index contributed by atoms with van der Waals surface area (Å²) in [7, 11) is 0. The lowest BCUT2D eigenvalue weighted by molar-refractivity contribution is 0.203. The van der Waals surface area contributed by atoms with Crippen LogP contribution < -0.4 is 4.90 Å². The molecule has 1 N–H and O–H groups in total. The van der Waals surface area contributed by atoms with E-state index in [2.05, 4.69) is 17.0 Å². The highest BCUT2D eigenvalue weighted by atomic mass is 35.5. The average molecular weight is 292 g/mol. The van der Waals surface area contributed by atoms with Crippen molar-refractivity contribution in [3.8, 4) is 0 Å². The molecule has 2 aromatic rings. The fourth-order valence-corrected chi connectivity index (χ4v) is 3.51. The first-order chi connectivity index (χ1) is 9.15. The van der Waals surface area contributed by atoms with Crippen molar-refractivity contribution in [2.45, 2.75) is 22.8 Å². The van der Waals surface area contributed by atoms with Crippen LogP contribution in [0.25, 0.3) is 0 Å². The van der Waals surface area contributed by atoms with Crippen LogP contribution in [0.15, 0.2) is 52.3 Å². The molecule has 0 aromatic heterocycles. The summed E-state index contributed by atoms with van der Waals surface area (Å²) in [6.07, 6.45) is -0.400. The van der Waals surface area contributed by atoms with Crippen LogP contribution in [0.4, 0.5) is 11.4 Å². The minimum atomic E-state index is -0.400. The van der Waals surface area contributed by atoms with Gasteiger partial charge in [-0.05, 0) is 37.3 Å². The second-order valence-corrected chi connectivity index (χ2v) is 6.16. The van der Waals surface area contributed by atoms with Gasteiger partial charge in [0.15, 0.2) is 0 Å². The van der Waals surface area contributed by atoms with E-state index in [1.54, 1.807) is 18.7 Å². The number of halogens is 1. The van der Waals surface area contributed by atoms with Crippen molar-refractivity contribution in [2.24, 2.45) is 0 Å². The van der Waals surface area contributed by atoms with E-state index in [-0.39, 0.29) is 0 Å². The van der Waals surface area contributed by atoms with Crippen molar-refractivity contribution in [3.63, 3.8) is 0 Å². The number of aliphatic hydroxyl groups excluding tert-OH is 1. The van der Waals surface area contributed by atoms with Gasteiger partial charge in [-0.25, -0.2) is 0 Å². The third-order valence-corrected chi connectivity index (χ3v) is 4.40. The number of nitrogens with zero attached hydrogens (tertiary/aromatic N) is 1. The van der Waals surface area contributed by atoms with Gasteiger partial charge in [0, 0.05) is 21.4 Å². The lowest BCUT2D eigenvalue weighted by Crippen LogP contribution is -2.28. The predicted octanol–water partition coefficient (Wildman–Crippen LogP) is 4.32. The molecule has 1 aliphatic heterocycles. The van der Waals surface area contributed by atoms with Gasteiger partial charge < -0.3 is 10.0 Å². The Labute approximate surface area is 122 Å². The van der Waals surface area contributed by atoms with Crippen molar-refractivity contribution in [3.05, 3.63) is 47.5 Å². The number of benzene rings is 2. The summed E-state index contributed by atoms with van der Waals surface area (Å²) in [5, 5.41) is 10.5. The third kappa shape index (κ3) is 2.46. The Balaban J connectivity index is 2.13. The average Bonchev–Trinajstić information content (AvgIpc) is 2.39. The van der Waals surface area contributed by atoms with Crippen LogP contribution >= 0.6 is 23.4 Å². The van der Waals surface area contributed by atoms with Crippen molar-refractivity contribution in [1.29, 1.82) is 0 Å². The number of anilines is 2. The van der Waals surface area contributed by atoms with Crippen LogP contribution in [0.5, 0.6) is 0 Å². The highest BCUT2D eigenvalue weighted by molar-refractivity contribution is 7.99. The van der Waals surface area contributed by atoms with E-state index in [0.29, 0.717) is 11.6 Å². The van der Waals surface area contributed by atoms with Crippen molar-refractivity contribution >= 4 is 34.7 Å². The summed E-state index contributed by atoms with van der Waals surface area (Å²) in [5.41, 5.74) is 2.19. The van der Waals surface area contributed by atoms with Gasteiger partial charge in [-0.1, -0.05) is 35.5 Å². The molecule has 2 nitrogen and oxygen atoms in total. The minimum Gasteiger partial charge on any atom is -0.392 e. The molecule has 0 amide bonds. The van der Waals surface area contributed by atoms with Crippen molar-refractivity contribution in [2.75, 3.05) is 11.4 Å². The van der Waals surface area contributed by atoms with Gasteiger partial charge in [0.25, 0.3) is 0 Å². The first-order valence-electron chi connectivity index (χ1n) is 6.17. The Bertz CT molecular complexity index is 615. The maximum absolute atomic E-state index is 9.74. The monoisotopic (exact) mass is 291 g/mol. The number of para-hydroxylation sites is 1. The third-order valence-electron chi connectivity index (χ3n) is 3.03. The smallest absolute Gasteiger partial charge is 0.0691 e. The van der Waals surface area contributed by atoms with E-state index in [0.717, 1.165) is 11.4 Å². The molecule has 4 heteroatoms. The van der Waals surface area contributed by atoms with Crippen molar-refractivity contribution in [1.82, 2.24) is 0 Å². The molecule has 19 heavy (non-hydrogen) atoms. The van der Waals surface area contributed by atoms with Gasteiger partial charge in [0.2, 0.25) is 0 Å². The molecule has 1 atom stereocenters. The van der Waals surface area contributed by atoms with E-state index in [4.69, 9.17) is 11.6 Å². The standard InChI is InChI=1S/C15H14ClNOS/c1-10(18)9-17-12-4-2-3-5-14(12)19-15-7-6-11(16)8-13(15)17/h2-8,10,18H,9H2,1H3/t10-/m1/s1. The maximum atomic E-state index is 9.74. The number of fused-ring (bicyclic) bond motifs is 2. The van der Waals surface area contributed by atoms with E-state index in [9.17, 15) is 5.11 Å². The van der Waals surface area contributed by atoms with Crippen LogP contribution in [-0.2, 0) is 0 Å². The summed E-state index contributed by atoms with van der Waals surface area (Å²) in [4.78, 5) is 4.51. The zero-order valence-electron chi connectivity index (χ0n) is 10.5. The summed E-state index contributed by atoms with van der Waals surface area (Å²) < 4.78 is 0. The largest absolute Gasteiger partial charge is 0.392 e. The molecule has 1 aliphatic rings. The molecule has 3 rings (SSSR count). The molecule has 0 bridgehead atoms. The van der Waals surface area contributed by atoms with Gasteiger partial charge in [0.1, 0.15) is 0 Å². The normalized spacial score (nSPS) is 14.8. The Morgan fingerprint density at radius 1 is 1.16 bits per heavy atom. The van der Waals surface area contributed by atoms with Crippen LogP contribution in [0.1, 0.15) is 6.92 Å². The Morgan fingerprint density at radius 3 is 2.68 bits per heavy atom. The zero-order chi connectivity index (χ0) is 13.4. The van der Waals surface area contributed by atoms with Gasteiger partial charge in [-0.2, -0.15) is 0 Å². The molecule has 0 saturated heterocycles. The van der Waals surface area contributed by atoms with E-state index in [1.165, 1.54) is 9.79 Å². The first kappa shape index (κ1) is 12.9.